The molecule has 0 radical (unpaired) electrons. The van der Waals surface area contributed by atoms with Gasteiger partial charge in [-0.15, -0.1) is 0 Å². The number of hydrogen-bond donors (Lipinski definition) is 2. The van der Waals surface area contributed by atoms with Gasteiger partial charge in [0.05, 0.1) is 0 Å². The third-order valence-electron chi connectivity index (χ3n) is 3.00. The highest BCUT2D eigenvalue weighted by Gasteiger charge is 2.71. The topological polar surface area (TPSA) is 144 Å². The van der Waals surface area contributed by atoms with Crippen molar-refractivity contribution in [3.05, 3.63) is 0 Å². The first kappa shape index (κ1) is 26.4. The third kappa shape index (κ3) is 7.26. The van der Waals surface area contributed by atoms with Crippen LogP contribution < -0.4 is 10.8 Å². The third-order valence-corrected chi connectivity index (χ3v) is 15.4. The lowest BCUT2D eigenvalue weighted by atomic mass is 10.9. The second kappa shape index (κ2) is 11.7. The second-order valence-corrected chi connectivity index (χ2v) is 14.7. The highest BCUT2D eigenvalue weighted by Crippen LogP contribution is 2.31. The Kier molecular flexibility index (Phi) is 11.0. The summed E-state index contributed by atoms with van der Waals surface area (Å²) < 4.78 is 58.4. The molecule has 12 nitrogen and oxygen atoms in total. The molecular formula is C12H34N2O10Si4. The summed E-state index contributed by atoms with van der Waals surface area (Å²) in [6.07, 6.45) is 0. The van der Waals surface area contributed by atoms with E-state index in [-0.39, 0.29) is 39.6 Å². The van der Waals surface area contributed by atoms with Gasteiger partial charge in [-0.2, -0.15) is 0 Å². The van der Waals surface area contributed by atoms with Crippen LogP contribution in [0.5, 0.6) is 0 Å². The Morgan fingerprint density at radius 2 is 0.679 bits per heavy atom. The molecule has 0 aliphatic carbocycles. The van der Waals surface area contributed by atoms with E-state index in [2.05, 4.69) is 0 Å². The molecule has 1 aliphatic rings. The summed E-state index contributed by atoms with van der Waals surface area (Å²) in [6, 6.07) is 0. The van der Waals surface area contributed by atoms with Gasteiger partial charge in [-0.05, 0) is 41.5 Å². The summed E-state index contributed by atoms with van der Waals surface area (Å²) in [7, 11) is -15.7. The first-order valence-electron chi connectivity index (χ1n) is 9.41. The van der Waals surface area contributed by atoms with Gasteiger partial charge in [-0.25, -0.2) is 0 Å². The van der Waals surface area contributed by atoms with E-state index < -0.39 is 36.0 Å². The summed E-state index contributed by atoms with van der Waals surface area (Å²) in [5.74, 6) is 0. The summed E-state index contributed by atoms with van der Waals surface area (Å²) >= 11 is 0. The fourth-order valence-electron chi connectivity index (χ4n) is 2.32. The second-order valence-electron chi connectivity index (χ2n) is 5.23. The van der Waals surface area contributed by atoms with Crippen molar-refractivity contribution in [2.75, 3.05) is 39.6 Å². The summed E-state index contributed by atoms with van der Waals surface area (Å²) in [4.78, 5) is 0. The Hall–Kier alpha value is 0.388. The van der Waals surface area contributed by atoms with E-state index in [4.69, 9.17) is 53.8 Å². The lowest BCUT2D eigenvalue weighted by molar-refractivity contribution is -0.0746. The van der Waals surface area contributed by atoms with Crippen molar-refractivity contribution < 1.29 is 43.0 Å². The van der Waals surface area contributed by atoms with Crippen LogP contribution in [0.15, 0.2) is 0 Å². The molecule has 28 heavy (non-hydrogen) atoms. The van der Waals surface area contributed by atoms with Crippen molar-refractivity contribution in [3.63, 3.8) is 0 Å². The maximum absolute atomic E-state index is 6.15. The van der Waals surface area contributed by atoms with Gasteiger partial charge in [0.15, 0.2) is 0 Å². The van der Waals surface area contributed by atoms with E-state index in [1.807, 2.05) is 0 Å². The first-order valence-corrected chi connectivity index (χ1v) is 16.3. The van der Waals surface area contributed by atoms with Crippen LogP contribution in [-0.4, -0.2) is 75.7 Å². The molecule has 4 N–H and O–H groups in total. The molecule has 1 saturated heterocycles. The molecule has 1 fully saturated rings. The van der Waals surface area contributed by atoms with Gasteiger partial charge in [0.1, 0.15) is 0 Å². The minimum Gasteiger partial charge on any atom is -0.352 e. The minimum atomic E-state index is -3.96. The van der Waals surface area contributed by atoms with Gasteiger partial charge >= 0.3 is 36.0 Å². The molecule has 0 aromatic rings. The van der Waals surface area contributed by atoms with Crippen LogP contribution in [-0.2, 0) is 43.0 Å². The van der Waals surface area contributed by atoms with E-state index in [1.165, 1.54) is 0 Å². The SMILES string of the molecule is CCO[Si]1(OCC)O[Si](N)(N)O[Si](OCC)(OCC)O[Si](OCC)(OCC)O1. The number of rotatable bonds is 12. The minimum absolute atomic E-state index is 0.207. The smallest absolute Gasteiger partial charge is 0.352 e. The Bertz CT molecular complexity index is 414. The van der Waals surface area contributed by atoms with E-state index >= 15 is 0 Å². The molecule has 0 saturated carbocycles. The monoisotopic (exact) mass is 478 g/mol. The normalized spacial score (nSPS) is 23.1. The quantitative estimate of drug-likeness (QED) is 0.363. The van der Waals surface area contributed by atoms with Crippen molar-refractivity contribution >= 4 is 36.0 Å². The van der Waals surface area contributed by atoms with Gasteiger partial charge < -0.3 is 43.0 Å². The Labute approximate surface area is 171 Å². The first-order chi connectivity index (χ1) is 13.2. The van der Waals surface area contributed by atoms with E-state index in [0.717, 1.165) is 0 Å². The molecule has 0 unspecified atom stereocenters. The molecule has 0 bridgehead atoms. The van der Waals surface area contributed by atoms with Crippen LogP contribution in [0.3, 0.4) is 0 Å². The van der Waals surface area contributed by atoms with Crippen LogP contribution in [0.4, 0.5) is 0 Å². The average molecular weight is 479 g/mol. The van der Waals surface area contributed by atoms with Crippen LogP contribution in [0.1, 0.15) is 41.5 Å². The van der Waals surface area contributed by atoms with E-state index in [9.17, 15) is 0 Å². The Morgan fingerprint density at radius 1 is 0.464 bits per heavy atom. The van der Waals surface area contributed by atoms with Crippen molar-refractivity contribution in [2.45, 2.75) is 41.5 Å². The van der Waals surface area contributed by atoms with Gasteiger partial charge in [-0.3, -0.25) is 10.8 Å². The maximum Gasteiger partial charge on any atom is 0.668 e. The Morgan fingerprint density at radius 3 is 0.893 bits per heavy atom. The van der Waals surface area contributed by atoms with Crippen LogP contribution in [0.25, 0.3) is 0 Å². The zero-order chi connectivity index (χ0) is 21.3. The molecule has 0 amide bonds. The van der Waals surface area contributed by atoms with Gasteiger partial charge in [0.2, 0.25) is 0 Å². The molecule has 1 heterocycles. The van der Waals surface area contributed by atoms with Crippen molar-refractivity contribution in [2.24, 2.45) is 10.8 Å². The molecule has 1 aliphatic heterocycles. The molecule has 16 heteroatoms. The maximum atomic E-state index is 6.15. The van der Waals surface area contributed by atoms with Crippen molar-refractivity contribution in [1.82, 2.24) is 0 Å². The van der Waals surface area contributed by atoms with Crippen molar-refractivity contribution in [3.8, 4) is 0 Å². The van der Waals surface area contributed by atoms with E-state index in [1.54, 1.807) is 41.5 Å². The molecule has 0 atom stereocenters. The van der Waals surface area contributed by atoms with Gasteiger partial charge in [-0.1, -0.05) is 0 Å². The Balaban J connectivity index is 3.50. The van der Waals surface area contributed by atoms with E-state index in [0.29, 0.717) is 0 Å². The molecular weight excluding hydrogens is 444 g/mol. The molecule has 0 aromatic carbocycles. The molecule has 0 spiro atoms. The average Bonchev–Trinajstić information content (AvgIpc) is 2.54. The molecule has 168 valence electrons. The molecule has 0 aromatic heterocycles. The highest BCUT2D eigenvalue weighted by atomic mass is 28.6. The fraction of sp³-hybridized carbons (Fsp3) is 1.00. The van der Waals surface area contributed by atoms with Crippen LogP contribution in [0.2, 0.25) is 0 Å². The summed E-state index contributed by atoms with van der Waals surface area (Å²) in [5.41, 5.74) is 0. The van der Waals surface area contributed by atoms with Crippen LogP contribution >= 0.6 is 0 Å². The fourth-order valence-corrected chi connectivity index (χ4v) is 15.3. The predicted molar refractivity (Wildman–Crippen MR) is 105 cm³/mol. The lowest BCUT2D eigenvalue weighted by Gasteiger charge is -2.44. The lowest BCUT2D eigenvalue weighted by Crippen LogP contribution is -2.80. The zero-order valence-corrected chi connectivity index (χ0v) is 21.5. The van der Waals surface area contributed by atoms with Gasteiger partial charge in [0, 0.05) is 39.6 Å². The highest BCUT2D eigenvalue weighted by molar-refractivity contribution is 6.84. The standard InChI is InChI=1S/C12H34N2O10Si4/c1-7-15-26(16-8-2)21-25(13,14)22-27(17-9-3,18-10-4)24-28(23-26,19-11-5)20-12-6/h7-14H2,1-6H3. The van der Waals surface area contributed by atoms with Gasteiger partial charge in [0.25, 0.3) is 0 Å². The number of nitrogens with two attached hydrogens (primary N) is 2. The summed E-state index contributed by atoms with van der Waals surface area (Å²) in [6.45, 7) is 11.8. The van der Waals surface area contributed by atoms with Crippen LogP contribution in [0, 0.1) is 0 Å². The summed E-state index contributed by atoms with van der Waals surface area (Å²) in [5, 5.41) is 12.3. The predicted octanol–water partition coefficient (Wildman–Crippen LogP) is -0.0548. The molecule has 1 rings (SSSR count). The number of hydrogen-bond acceptors (Lipinski definition) is 12. The zero-order valence-electron chi connectivity index (χ0n) is 17.5. The van der Waals surface area contributed by atoms with Crippen molar-refractivity contribution in [1.29, 1.82) is 0 Å². The largest absolute Gasteiger partial charge is 0.668 e.